The van der Waals surface area contributed by atoms with Gasteiger partial charge in [0.1, 0.15) is 15.9 Å². The van der Waals surface area contributed by atoms with Gasteiger partial charge in [0.2, 0.25) is 0 Å². The van der Waals surface area contributed by atoms with Gasteiger partial charge in [0.25, 0.3) is 0 Å². The minimum absolute atomic E-state index is 0.292. The Kier molecular flexibility index (Phi) is 3.17. The quantitative estimate of drug-likeness (QED) is 0.815. The molecule has 0 saturated carbocycles. The summed E-state index contributed by atoms with van der Waals surface area (Å²) >= 11 is 2.06. The number of nitrogens with zero attached hydrogens (tertiary/aromatic N) is 5. The van der Waals surface area contributed by atoms with Crippen LogP contribution >= 0.6 is 22.6 Å². The van der Waals surface area contributed by atoms with Crippen molar-refractivity contribution in [2.24, 2.45) is 14.1 Å². The fourth-order valence-electron chi connectivity index (χ4n) is 1.61. The molecule has 2 aromatic heterocycles. The highest BCUT2D eigenvalue weighted by Crippen LogP contribution is 2.25. The summed E-state index contributed by atoms with van der Waals surface area (Å²) in [6.45, 7) is 0. The molecule has 88 valence electrons. The molecule has 0 radical (unpaired) electrons. The minimum atomic E-state index is -0.824. The standard InChI is InChI=1S/C10H10IN5O/c1-15-5-7(10(11)14-15)9(17)8-3-6(4-12)13-16(8)2/h3,5,9,17H,1-2H3. The van der Waals surface area contributed by atoms with E-state index in [1.54, 1.807) is 31.0 Å². The largest absolute Gasteiger partial charge is 0.382 e. The molecule has 1 unspecified atom stereocenters. The average Bonchev–Trinajstić information content (AvgIpc) is 2.81. The van der Waals surface area contributed by atoms with Gasteiger partial charge in [-0.15, -0.1) is 0 Å². The third-order valence-corrected chi connectivity index (χ3v) is 3.25. The Labute approximate surface area is 112 Å². The maximum atomic E-state index is 10.2. The molecule has 7 heteroatoms. The summed E-state index contributed by atoms with van der Waals surface area (Å²) in [7, 11) is 3.49. The SMILES string of the molecule is Cn1cc(C(O)c2cc(C#N)nn2C)c(I)n1. The number of hydrogen-bond donors (Lipinski definition) is 1. The van der Waals surface area contributed by atoms with Crippen molar-refractivity contribution in [3.8, 4) is 6.07 Å². The zero-order valence-electron chi connectivity index (χ0n) is 9.29. The molecule has 0 spiro atoms. The molecule has 0 saturated heterocycles. The average molecular weight is 343 g/mol. The molecule has 0 bridgehead atoms. The van der Waals surface area contributed by atoms with E-state index >= 15 is 0 Å². The van der Waals surface area contributed by atoms with Crippen molar-refractivity contribution in [1.82, 2.24) is 19.6 Å². The Morgan fingerprint density at radius 3 is 2.65 bits per heavy atom. The van der Waals surface area contributed by atoms with Crippen molar-refractivity contribution in [2.45, 2.75) is 6.10 Å². The molecule has 0 amide bonds. The molecule has 1 atom stereocenters. The Morgan fingerprint density at radius 1 is 1.47 bits per heavy atom. The van der Waals surface area contributed by atoms with Crippen LogP contribution in [0.5, 0.6) is 0 Å². The highest BCUT2D eigenvalue weighted by atomic mass is 127. The van der Waals surface area contributed by atoms with Gasteiger partial charge in [0.15, 0.2) is 5.69 Å². The van der Waals surface area contributed by atoms with Gasteiger partial charge < -0.3 is 5.11 Å². The van der Waals surface area contributed by atoms with Crippen LogP contribution in [-0.2, 0) is 14.1 Å². The molecular formula is C10H10IN5O. The van der Waals surface area contributed by atoms with E-state index in [-0.39, 0.29) is 0 Å². The zero-order chi connectivity index (χ0) is 12.6. The lowest BCUT2D eigenvalue weighted by Crippen LogP contribution is -2.07. The first kappa shape index (κ1) is 12.1. The van der Waals surface area contributed by atoms with Gasteiger partial charge in [0, 0.05) is 31.9 Å². The van der Waals surface area contributed by atoms with E-state index in [0.29, 0.717) is 17.0 Å². The van der Waals surface area contributed by atoms with Crippen molar-refractivity contribution in [3.63, 3.8) is 0 Å². The summed E-state index contributed by atoms with van der Waals surface area (Å²) in [6, 6.07) is 3.53. The van der Waals surface area contributed by atoms with Crippen molar-refractivity contribution in [1.29, 1.82) is 5.26 Å². The van der Waals surface area contributed by atoms with Crippen molar-refractivity contribution in [3.05, 3.63) is 32.9 Å². The van der Waals surface area contributed by atoms with Crippen molar-refractivity contribution in [2.75, 3.05) is 0 Å². The lowest BCUT2D eigenvalue weighted by molar-refractivity contribution is 0.209. The van der Waals surface area contributed by atoms with E-state index in [1.807, 2.05) is 6.07 Å². The van der Waals surface area contributed by atoms with Crippen LogP contribution in [0.15, 0.2) is 12.3 Å². The lowest BCUT2D eigenvalue weighted by atomic mass is 10.1. The van der Waals surface area contributed by atoms with E-state index in [1.165, 1.54) is 4.68 Å². The van der Waals surface area contributed by atoms with Crippen LogP contribution in [0, 0.1) is 15.0 Å². The summed E-state index contributed by atoms with van der Waals surface area (Å²) in [5, 5.41) is 27.1. The number of rotatable bonds is 2. The molecule has 1 N–H and O–H groups in total. The highest BCUT2D eigenvalue weighted by molar-refractivity contribution is 14.1. The van der Waals surface area contributed by atoms with Crippen LogP contribution in [0.1, 0.15) is 23.1 Å². The predicted octanol–water partition coefficient (Wildman–Crippen LogP) is 0.712. The van der Waals surface area contributed by atoms with Gasteiger partial charge in [-0.3, -0.25) is 9.36 Å². The Balaban J connectivity index is 2.43. The molecule has 17 heavy (non-hydrogen) atoms. The van der Waals surface area contributed by atoms with Gasteiger partial charge in [-0.05, 0) is 22.6 Å². The third kappa shape index (κ3) is 2.18. The topological polar surface area (TPSA) is 79.7 Å². The first-order valence-electron chi connectivity index (χ1n) is 4.84. The predicted molar refractivity (Wildman–Crippen MR) is 67.9 cm³/mol. The molecule has 2 rings (SSSR count). The molecule has 6 nitrogen and oxygen atoms in total. The summed E-state index contributed by atoms with van der Waals surface area (Å²) in [6.07, 6.45) is 0.932. The normalized spacial score (nSPS) is 12.4. The van der Waals surface area contributed by atoms with Gasteiger partial charge in [-0.2, -0.15) is 15.5 Å². The number of nitriles is 1. The first-order valence-corrected chi connectivity index (χ1v) is 5.92. The highest BCUT2D eigenvalue weighted by Gasteiger charge is 2.20. The van der Waals surface area contributed by atoms with E-state index in [4.69, 9.17) is 5.26 Å². The van der Waals surface area contributed by atoms with Crippen molar-refractivity contribution >= 4 is 22.6 Å². The number of aliphatic hydroxyl groups excluding tert-OH is 1. The van der Waals surface area contributed by atoms with Crippen LogP contribution < -0.4 is 0 Å². The molecular weight excluding hydrogens is 333 g/mol. The van der Waals surface area contributed by atoms with E-state index in [2.05, 4.69) is 32.8 Å². The second-order valence-corrected chi connectivity index (χ2v) is 4.66. The number of aryl methyl sites for hydroxylation is 2. The van der Waals surface area contributed by atoms with Crippen LogP contribution in [-0.4, -0.2) is 24.7 Å². The first-order chi connectivity index (χ1) is 8.02. The molecule has 0 aliphatic heterocycles. The lowest BCUT2D eigenvalue weighted by Gasteiger charge is -2.08. The van der Waals surface area contributed by atoms with Gasteiger partial charge in [-0.25, -0.2) is 0 Å². The summed E-state index contributed by atoms with van der Waals surface area (Å²) in [5.74, 6) is 0. The summed E-state index contributed by atoms with van der Waals surface area (Å²) < 4.78 is 3.88. The second kappa shape index (κ2) is 4.46. The van der Waals surface area contributed by atoms with E-state index in [0.717, 1.165) is 3.70 Å². The second-order valence-electron chi connectivity index (χ2n) is 3.64. The molecule has 0 fully saturated rings. The minimum Gasteiger partial charge on any atom is -0.382 e. The van der Waals surface area contributed by atoms with Gasteiger partial charge >= 0.3 is 0 Å². The van der Waals surface area contributed by atoms with Crippen LogP contribution in [0.2, 0.25) is 0 Å². The maximum absolute atomic E-state index is 10.2. The van der Waals surface area contributed by atoms with Gasteiger partial charge in [0.05, 0.1) is 5.69 Å². The molecule has 0 aliphatic carbocycles. The number of hydrogen-bond acceptors (Lipinski definition) is 4. The fraction of sp³-hybridized carbons (Fsp3) is 0.300. The molecule has 2 heterocycles. The number of aromatic nitrogens is 4. The Hall–Kier alpha value is -1.40. The maximum Gasteiger partial charge on any atom is 0.162 e. The zero-order valence-corrected chi connectivity index (χ0v) is 11.5. The molecule has 0 aliphatic rings. The van der Waals surface area contributed by atoms with Crippen LogP contribution in [0.3, 0.4) is 0 Å². The number of halogens is 1. The van der Waals surface area contributed by atoms with Crippen molar-refractivity contribution < 1.29 is 5.11 Å². The van der Waals surface area contributed by atoms with E-state index in [9.17, 15) is 5.11 Å². The Morgan fingerprint density at radius 2 is 2.18 bits per heavy atom. The monoisotopic (exact) mass is 343 g/mol. The molecule has 0 aromatic carbocycles. The summed E-state index contributed by atoms with van der Waals surface area (Å²) in [4.78, 5) is 0. The fourth-order valence-corrected chi connectivity index (χ4v) is 2.39. The van der Waals surface area contributed by atoms with Gasteiger partial charge in [-0.1, -0.05) is 0 Å². The van der Waals surface area contributed by atoms with E-state index < -0.39 is 6.10 Å². The van der Waals surface area contributed by atoms with Crippen LogP contribution in [0.25, 0.3) is 0 Å². The van der Waals surface area contributed by atoms with Crippen LogP contribution in [0.4, 0.5) is 0 Å². The number of aliphatic hydroxyl groups is 1. The molecule has 2 aromatic rings. The Bertz CT molecular complexity index is 594. The summed E-state index contributed by atoms with van der Waals surface area (Å²) in [5.41, 5.74) is 1.58. The smallest absolute Gasteiger partial charge is 0.162 e. The third-order valence-electron chi connectivity index (χ3n) is 2.41.